The predicted molar refractivity (Wildman–Crippen MR) is 161 cm³/mol. The molecule has 0 bridgehead atoms. The Balaban J connectivity index is 1.59. The lowest BCUT2D eigenvalue weighted by atomic mass is 9.86. The van der Waals surface area contributed by atoms with E-state index in [1.807, 2.05) is 32.9 Å². The van der Waals surface area contributed by atoms with Crippen LogP contribution in [-0.4, -0.2) is 61.2 Å². The van der Waals surface area contributed by atoms with Crippen LogP contribution in [0.15, 0.2) is 65.4 Å². The third kappa shape index (κ3) is 4.53. The molecule has 6 heteroatoms. The number of carbonyl (C=O) groups excluding carboxylic acids is 1. The summed E-state index contributed by atoms with van der Waals surface area (Å²) in [6, 6.07) is 12.5. The standard InChI is InChI=1S/C33H39N2O3Si/c1-33(2,3)38-32(37)22-8-9-23(21-36)28(18-22)31-26-12-10-24(34-14-6-15-34)19-29(26)39(4,5)30-20-25(11-13-27(30)31)35-16-7-17-35/h8-13,18-20,36H,6-7,14-17,21H2,1-5H3/q+1. The number of rotatable bonds is 4. The maximum atomic E-state index is 13.1. The monoisotopic (exact) mass is 539 g/mol. The van der Waals surface area contributed by atoms with Crippen molar-refractivity contribution >= 4 is 36.2 Å². The van der Waals surface area contributed by atoms with Gasteiger partial charge in [0, 0.05) is 30.9 Å². The zero-order valence-corrected chi connectivity index (χ0v) is 24.8. The Morgan fingerprint density at radius 1 is 1.03 bits per heavy atom. The van der Waals surface area contributed by atoms with Gasteiger partial charge in [-0.2, -0.15) is 0 Å². The van der Waals surface area contributed by atoms with Gasteiger partial charge in [0.15, 0.2) is 5.71 Å². The van der Waals surface area contributed by atoms with Crippen molar-refractivity contribution in [3.8, 4) is 0 Å². The number of benzene rings is 2. The average molecular weight is 540 g/mol. The smallest absolute Gasteiger partial charge is 0.338 e. The molecule has 39 heavy (non-hydrogen) atoms. The van der Waals surface area contributed by atoms with E-state index in [1.54, 1.807) is 6.07 Å². The molecule has 0 spiro atoms. The van der Waals surface area contributed by atoms with E-state index < -0.39 is 13.7 Å². The predicted octanol–water partition coefficient (Wildman–Crippen LogP) is 4.97. The fraction of sp³-hybridized carbons (Fsp3) is 0.394. The maximum absolute atomic E-state index is 13.1. The molecular weight excluding hydrogens is 500 g/mol. The van der Waals surface area contributed by atoms with Gasteiger partial charge in [-0.05, 0) is 95.8 Å². The Bertz CT molecular complexity index is 1490. The van der Waals surface area contributed by atoms with Crippen molar-refractivity contribution in [2.75, 3.05) is 31.1 Å². The third-order valence-electron chi connectivity index (χ3n) is 8.52. The molecule has 2 aromatic carbocycles. The molecule has 0 unspecified atom stereocenters. The topological polar surface area (TPSA) is 52.8 Å². The number of fused-ring (bicyclic) bond motifs is 2. The maximum Gasteiger partial charge on any atom is 0.338 e. The highest BCUT2D eigenvalue weighted by molar-refractivity contribution is 6.98. The fourth-order valence-electron chi connectivity index (χ4n) is 6.07. The molecule has 4 aliphatic rings. The van der Waals surface area contributed by atoms with E-state index >= 15 is 0 Å². The van der Waals surface area contributed by atoms with E-state index in [0.29, 0.717) is 5.56 Å². The van der Waals surface area contributed by atoms with Crippen LogP contribution in [0.25, 0.3) is 5.57 Å². The number of hydrogen-bond donors (Lipinski definition) is 1. The van der Waals surface area contributed by atoms with Crippen molar-refractivity contribution in [1.82, 2.24) is 0 Å². The first-order valence-electron chi connectivity index (χ1n) is 14.2. The molecule has 1 N–H and O–H groups in total. The van der Waals surface area contributed by atoms with E-state index in [1.165, 1.54) is 45.8 Å². The van der Waals surface area contributed by atoms with Crippen LogP contribution >= 0.6 is 0 Å². The summed E-state index contributed by atoms with van der Waals surface area (Å²) in [6.07, 6.45) is 9.44. The Morgan fingerprint density at radius 2 is 1.79 bits per heavy atom. The molecular formula is C33H39N2O3Si+. The molecule has 0 atom stereocenters. The van der Waals surface area contributed by atoms with Crippen LogP contribution in [0.3, 0.4) is 0 Å². The summed E-state index contributed by atoms with van der Waals surface area (Å²) in [4.78, 5) is 15.6. The third-order valence-corrected chi connectivity index (χ3v) is 12.0. The normalized spacial score (nSPS) is 19.6. The largest absolute Gasteiger partial charge is 0.456 e. The number of carbonyl (C=O) groups is 1. The first-order valence-corrected chi connectivity index (χ1v) is 17.2. The SMILES string of the molecule is CC(C)(C)OC(=O)c1ccc(CO)c(C2=C3C=CC(=[N+]4CCC4)C=C3[Si](C)(C)c3cc(N4CCC4)ccc32)c1. The summed E-state index contributed by atoms with van der Waals surface area (Å²) in [5, 5.41) is 13.3. The van der Waals surface area contributed by atoms with Crippen LogP contribution in [-0.2, 0) is 11.3 Å². The summed E-state index contributed by atoms with van der Waals surface area (Å²) in [7, 11) is -2.06. The van der Waals surface area contributed by atoms with E-state index in [0.717, 1.165) is 42.9 Å². The highest BCUT2D eigenvalue weighted by Crippen LogP contribution is 2.43. The van der Waals surface area contributed by atoms with Gasteiger partial charge in [0.25, 0.3) is 0 Å². The van der Waals surface area contributed by atoms with Gasteiger partial charge < -0.3 is 14.7 Å². The van der Waals surface area contributed by atoms with Crippen molar-refractivity contribution in [2.24, 2.45) is 0 Å². The van der Waals surface area contributed by atoms with Gasteiger partial charge in [-0.3, -0.25) is 0 Å². The van der Waals surface area contributed by atoms with Gasteiger partial charge in [0.1, 0.15) is 26.8 Å². The van der Waals surface area contributed by atoms with E-state index in [2.05, 4.69) is 59.0 Å². The van der Waals surface area contributed by atoms with Crippen molar-refractivity contribution in [3.63, 3.8) is 0 Å². The molecule has 2 saturated heterocycles. The Morgan fingerprint density at radius 3 is 2.41 bits per heavy atom. The van der Waals surface area contributed by atoms with Crippen LogP contribution in [0.5, 0.6) is 0 Å². The zero-order valence-electron chi connectivity index (χ0n) is 23.8. The van der Waals surface area contributed by atoms with Gasteiger partial charge in [0.05, 0.1) is 18.6 Å². The van der Waals surface area contributed by atoms with Gasteiger partial charge >= 0.3 is 5.97 Å². The molecule has 6 rings (SSSR count). The summed E-state index contributed by atoms with van der Waals surface area (Å²) in [5.41, 5.74) is 7.78. The van der Waals surface area contributed by atoms with Crippen molar-refractivity contribution in [1.29, 1.82) is 0 Å². The number of esters is 1. The number of ether oxygens (including phenoxy) is 1. The Kier molecular flexibility index (Phi) is 6.31. The number of aliphatic hydroxyl groups excluding tert-OH is 1. The summed E-state index contributed by atoms with van der Waals surface area (Å²) >= 11 is 0. The molecule has 2 fully saturated rings. The second kappa shape index (κ2) is 9.46. The quantitative estimate of drug-likeness (QED) is 0.339. The molecule has 2 aromatic rings. The number of allylic oxidation sites excluding steroid dienone is 5. The Hall–Kier alpha value is -3.22. The molecule has 0 saturated carbocycles. The first kappa shape index (κ1) is 26.0. The number of aliphatic hydroxyl groups is 1. The van der Waals surface area contributed by atoms with Crippen LogP contribution in [0.2, 0.25) is 13.1 Å². The van der Waals surface area contributed by atoms with Crippen molar-refractivity contribution < 1.29 is 19.2 Å². The van der Waals surface area contributed by atoms with E-state index in [4.69, 9.17) is 4.74 Å². The van der Waals surface area contributed by atoms with Crippen molar-refractivity contribution in [2.45, 2.75) is 58.9 Å². The minimum absolute atomic E-state index is 0.101. The molecule has 0 amide bonds. The molecule has 3 aliphatic heterocycles. The van der Waals surface area contributed by atoms with Gasteiger partial charge in [-0.25, -0.2) is 9.37 Å². The molecule has 5 nitrogen and oxygen atoms in total. The summed E-state index contributed by atoms with van der Waals surface area (Å²) < 4.78 is 8.18. The number of anilines is 1. The van der Waals surface area contributed by atoms with E-state index in [-0.39, 0.29) is 12.6 Å². The molecule has 1 aliphatic carbocycles. The second-order valence-corrected chi connectivity index (χ2v) is 17.0. The fourth-order valence-corrected chi connectivity index (χ4v) is 9.14. The second-order valence-electron chi connectivity index (χ2n) is 12.7. The van der Waals surface area contributed by atoms with Crippen LogP contribution in [0.4, 0.5) is 5.69 Å². The van der Waals surface area contributed by atoms with Crippen LogP contribution in [0, 0.1) is 0 Å². The molecule has 202 valence electrons. The highest BCUT2D eigenvalue weighted by Gasteiger charge is 2.41. The van der Waals surface area contributed by atoms with Gasteiger partial charge in [-0.1, -0.05) is 25.2 Å². The molecule has 3 heterocycles. The van der Waals surface area contributed by atoms with E-state index in [9.17, 15) is 9.90 Å². The average Bonchev–Trinajstić information content (AvgIpc) is 2.81. The number of nitrogens with zero attached hydrogens (tertiary/aromatic N) is 2. The number of hydrogen-bond acceptors (Lipinski definition) is 4. The molecule has 0 radical (unpaired) electrons. The lowest BCUT2D eigenvalue weighted by Gasteiger charge is -2.40. The lowest BCUT2D eigenvalue weighted by molar-refractivity contribution is -0.582. The minimum Gasteiger partial charge on any atom is -0.456 e. The van der Waals surface area contributed by atoms with Gasteiger partial charge in [0.2, 0.25) is 0 Å². The zero-order chi connectivity index (χ0) is 27.5. The minimum atomic E-state index is -2.06. The summed E-state index contributed by atoms with van der Waals surface area (Å²) in [6.45, 7) is 14.9. The van der Waals surface area contributed by atoms with Crippen LogP contribution in [0.1, 0.15) is 60.7 Å². The highest BCUT2D eigenvalue weighted by atomic mass is 28.3. The van der Waals surface area contributed by atoms with Crippen LogP contribution < -0.4 is 10.1 Å². The lowest BCUT2D eigenvalue weighted by Crippen LogP contribution is -2.50. The first-order chi connectivity index (χ1) is 18.6. The van der Waals surface area contributed by atoms with Crippen molar-refractivity contribution in [3.05, 3.63) is 87.6 Å². The molecule has 0 aromatic heterocycles. The van der Waals surface area contributed by atoms with Gasteiger partial charge in [-0.15, -0.1) is 0 Å². The Labute approximate surface area is 232 Å². The summed E-state index contributed by atoms with van der Waals surface area (Å²) in [5.74, 6) is -0.346.